The van der Waals surface area contributed by atoms with Crippen molar-refractivity contribution >= 4 is 5.97 Å². The van der Waals surface area contributed by atoms with Gasteiger partial charge in [0.15, 0.2) is 0 Å². The van der Waals surface area contributed by atoms with Crippen LogP contribution in [0.3, 0.4) is 0 Å². The van der Waals surface area contributed by atoms with Gasteiger partial charge >= 0.3 is 5.97 Å². The average Bonchev–Trinajstić information content (AvgIpc) is 2.46. The van der Waals surface area contributed by atoms with E-state index >= 15 is 0 Å². The Labute approximate surface area is 119 Å². The Balaban J connectivity index is 1.94. The second-order valence-electron chi connectivity index (χ2n) is 5.60. The van der Waals surface area contributed by atoms with Crippen LogP contribution < -0.4 is 0 Å². The Morgan fingerprint density at radius 1 is 0.850 bits per heavy atom. The monoisotopic (exact) mass is 266 g/mol. The lowest BCUT2D eigenvalue weighted by Gasteiger charge is -2.49. The molecule has 0 heterocycles. The SMILES string of the molecule is C[C@H]1[C@H](c2ccccc2)[C@@H](C(=O)O)[C@H]1c1ccccc1. The van der Waals surface area contributed by atoms with Crippen LogP contribution in [0.1, 0.15) is 29.9 Å². The summed E-state index contributed by atoms with van der Waals surface area (Å²) in [5, 5.41) is 9.61. The summed E-state index contributed by atoms with van der Waals surface area (Å²) < 4.78 is 0. The highest BCUT2D eigenvalue weighted by molar-refractivity contribution is 5.75. The Hall–Kier alpha value is -2.09. The van der Waals surface area contributed by atoms with Crippen molar-refractivity contribution < 1.29 is 9.90 Å². The van der Waals surface area contributed by atoms with E-state index in [1.165, 1.54) is 0 Å². The van der Waals surface area contributed by atoms with Crippen molar-refractivity contribution in [1.82, 2.24) is 0 Å². The lowest BCUT2D eigenvalue weighted by atomic mass is 9.53. The molecule has 0 amide bonds. The molecule has 20 heavy (non-hydrogen) atoms. The number of hydrogen-bond donors (Lipinski definition) is 1. The molecule has 0 aromatic heterocycles. The van der Waals surface area contributed by atoms with Crippen molar-refractivity contribution in [1.29, 1.82) is 0 Å². The first-order valence-corrected chi connectivity index (χ1v) is 7.03. The highest BCUT2D eigenvalue weighted by atomic mass is 16.4. The molecule has 0 aliphatic heterocycles. The second-order valence-corrected chi connectivity index (χ2v) is 5.60. The van der Waals surface area contributed by atoms with Gasteiger partial charge in [-0.1, -0.05) is 67.6 Å². The molecule has 1 N–H and O–H groups in total. The van der Waals surface area contributed by atoms with Crippen LogP contribution in [0.25, 0.3) is 0 Å². The van der Waals surface area contributed by atoms with E-state index in [1.54, 1.807) is 0 Å². The molecule has 0 unspecified atom stereocenters. The Morgan fingerprint density at radius 2 is 1.25 bits per heavy atom. The maximum absolute atomic E-state index is 11.7. The van der Waals surface area contributed by atoms with Gasteiger partial charge < -0.3 is 5.11 Å². The molecule has 0 bridgehead atoms. The fourth-order valence-corrected chi connectivity index (χ4v) is 3.63. The fourth-order valence-electron chi connectivity index (χ4n) is 3.63. The van der Waals surface area contributed by atoms with Gasteiger partial charge in [0.25, 0.3) is 0 Å². The number of carboxylic acids is 1. The largest absolute Gasteiger partial charge is 0.481 e. The molecular weight excluding hydrogens is 248 g/mol. The van der Waals surface area contributed by atoms with E-state index in [-0.39, 0.29) is 17.8 Å². The van der Waals surface area contributed by atoms with Crippen molar-refractivity contribution in [3.63, 3.8) is 0 Å². The van der Waals surface area contributed by atoms with Crippen LogP contribution in [0.4, 0.5) is 0 Å². The van der Waals surface area contributed by atoms with Crippen LogP contribution >= 0.6 is 0 Å². The number of hydrogen-bond acceptors (Lipinski definition) is 1. The highest BCUT2D eigenvalue weighted by Gasteiger charge is 2.52. The summed E-state index contributed by atoms with van der Waals surface area (Å²) in [5.74, 6) is -0.445. The van der Waals surface area contributed by atoms with Gasteiger partial charge in [-0.3, -0.25) is 4.79 Å². The highest BCUT2D eigenvalue weighted by Crippen LogP contribution is 2.57. The lowest BCUT2D eigenvalue weighted by molar-refractivity contribution is -0.149. The van der Waals surface area contributed by atoms with Gasteiger partial charge in [-0.25, -0.2) is 0 Å². The average molecular weight is 266 g/mol. The van der Waals surface area contributed by atoms with Gasteiger partial charge in [0.05, 0.1) is 5.92 Å². The summed E-state index contributed by atoms with van der Waals surface area (Å²) in [6.45, 7) is 2.16. The molecule has 2 nitrogen and oxygen atoms in total. The van der Waals surface area contributed by atoms with E-state index in [4.69, 9.17) is 0 Å². The summed E-state index contributed by atoms with van der Waals surface area (Å²) in [6, 6.07) is 20.0. The van der Waals surface area contributed by atoms with Crippen LogP contribution in [0, 0.1) is 11.8 Å². The summed E-state index contributed by atoms with van der Waals surface area (Å²) in [7, 11) is 0. The van der Waals surface area contributed by atoms with Crippen LogP contribution in [0.2, 0.25) is 0 Å². The lowest BCUT2D eigenvalue weighted by Crippen LogP contribution is -2.46. The van der Waals surface area contributed by atoms with E-state index in [0.717, 1.165) is 11.1 Å². The molecule has 2 heteroatoms. The molecule has 1 saturated carbocycles. The van der Waals surface area contributed by atoms with E-state index in [0.29, 0.717) is 5.92 Å². The first-order chi connectivity index (χ1) is 9.70. The summed E-state index contributed by atoms with van der Waals surface area (Å²) in [6.07, 6.45) is 0. The standard InChI is InChI=1S/C18H18O2/c1-12-15(13-8-4-2-5-9-13)17(18(19)20)16(12)14-10-6-3-7-11-14/h2-12,15-17H,1H3,(H,19,20)/t12-,15-,16-,17+/m1/s1. The molecule has 2 atom stereocenters. The van der Waals surface area contributed by atoms with Gasteiger partial charge in [0, 0.05) is 11.8 Å². The van der Waals surface area contributed by atoms with Crippen molar-refractivity contribution in [3.05, 3.63) is 71.8 Å². The normalized spacial score (nSPS) is 28.6. The van der Waals surface area contributed by atoms with Gasteiger partial charge in [0.2, 0.25) is 0 Å². The number of carboxylic acid groups (broad SMARTS) is 1. The quantitative estimate of drug-likeness (QED) is 0.914. The van der Waals surface area contributed by atoms with E-state index in [2.05, 4.69) is 6.92 Å². The van der Waals surface area contributed by atoms with Gasteiger partial charge in [-0.15, -0.1) is 0 Å². The third-order valence-corrected chi connectivity index (χ3v) is 4.56. The zero-order valence-electron chi connectivity index (χ0n) is 11.4. The third kappa shape index (κ3) is 2.01. The Morgan fingerprint density at radius 3 is 1.60 bits per heavy atom. The van der Waals surface area contributed by atoms with Crippen LogP contribution in [0.5, 0.6) is 0 Å². The van der Waals surface area contributed by atoms with Crippen LogP contribution in [-0.2, 0) is 4.79 Å². The van der Waals surface area contributed by atoms with Crippen molar-refractivity contribution in [2.75, 3.05) is 0 Å². The van der Waals surface area contributed by atoms with E-state index in [9.17, 15) is 9.90 Å². The minimum atomic E-state index is -0.689. The zero-order valence-corrected chi connectivity index (χ0v) is 11.4. The molecule has 1 fully saturated rings. The molecule has 1 aliphatic carbocycles. The molecule has 1 aliphatic rings. The maximum Gasteiger partial charge on any atom is 0.307 e. The molecule has 0 saturated heterocycles. The van der Waals surface area contributed by atoms with Crippen molar-refractivity contribution in [2.24, 2.45) is 11.8 Å². The van der Waals surface area contributed by atoms with Crippen molar-refractivity contribution in [3.8, 4) is 0 Å². The van der Waals surface area contributed by atoms with E-state index in [1.807, 2.05) is 60.7 Å². The molecule has 2 aromatic carbocycles. The number of carbonyl (C=O) groups is 1. The predicted molar refractivity (Wildman–Crippen MR) is 78.7 cm³/mol. The van der Waals surface area contributed by atoms with Crippen LogP contribution in [0.15, 0.2) is 60.7 Å². The first kappa shape index (κ1) is 12.9. The molecule has 0 spiro atoms. The summed E-state index contributed by atoms with van der Waals surface area (Å²) in [4.78, 5) is 11.7. The number of aliphatic carboxylic acids is 1. The molecule has 0 radical (unpaired) electrons. The summed E-state index contributed by atoms with van der Waals surface area (Å²) >= 11 is 0. The number of rotatable bonds is 3. The second kappa shape index (κ2) is 5.12. The smallest absolute Gasteiger partial charge is 0.307 e. The number of benzene rings is 2. The minimum absolute atomic E-state index is 0.110. The molecule has 2 aromatic rings. The maximum atomic E-state index is 11.7. The van der Waals surface area contributed by atoms with E-state index < -0.39 is 5.97 Å². The fraction of sp³-hybridized carbons (Fsp3) is 0.278. The molecule has 3 rings (SSSR count). The predicted octanol–water partition coefficient (Wildman–Crippen LogP) is 3.90. The zero-order chi connectivity index (χ0) is 14.1. The topological polar surface area (TPSA) is 37.3 Å². The minimum Gasteiger partial charge on any atom is -0.481 e. The summed E-state index contributed by atoms with van der Waals surface area (Å²) in [5.41, 5.74) is 2.28. The van der Waals surface area contributed by atoms with Crippen LogP contribution in [-0.4, -0.2) is 11.1 Å². The molecular formula is C18H18O2. The Bertz CT molecular complexity index is 544. The van der Waals surface area contributed by atoms with Crippen molar-refractivity contribution in [2.45, 2.75) is 18.8 Å². The molecule has 102 valence electrons. The van der Waals surface area contributed by atoms with Gasteiger partial charge in [-0.05, 0) is 17.0 Å². The Kier molecular flexibility index (Phi) is 3.31. The third-order valence-electron chi connectivity index (χ3n) is 4.56. The van der Waals surface area contributed by atoms with Gasteiger partial charge in [-0.2, -0.15) is 0 Å². The van der Waals surface area contributed by atoms with Gasteiger partial charge in [0.1, 0.15) is 0 Å². The first-order valence-electron chi connectivity index (χ1n) is 7.03.